The molecule has 116 valence electrons. The second-order valence-corrected chi connectivity index (χ2v) is 5.65. The molecule has 1 unspecified atom stereocenters. The van der Waals surface area contributed by atoms with Crippen molar-refractivity contribution in [2.75, 3.05) is 7.05 Å². The van der Waals surface area contributed by atoms with E-state index < -0.39 is 0 Å². The minimum Gasteiger partial charge on any atom is -0.361 e. The Morgan fingerprint density at radius 1 is 1.17 bits per heavy atom. The van der Waals surface area contributed by atoms with Crippen molar-refractivity contribution in [2.45, 2.75) is 12.5 Å². The number of carbonyl (C=O) groups is 1. The Labute approximate surface area is 136 Å². The average Bonchev–Trinajstić information content (AvgIpc) is 3.03. The van der Waals surface area contributed by atoms with E-state index in [4.69, 9.17) is 0 Å². The minimum absolute atomic E-state index is 0.0425. The molecule has 1 amide bonds. The van der Waals surface area contributed by atoms with Crippen LogP contribution >= 0.6 is 0 Å². The molecule has 2 aromatic carbocycles. The van der Waals surface area contributed by atoms with Crippen LogP contribution in [0.5, 0.6) is 0 Å². The highest BCUT2D eigenvalue weighted by Gasteiger charge is 2.23. The van der Waals surface area contributed by atoms with E-state index in [1.165, 1.54) is 11.6 Å². The van der Waals surface area contributed by atoms with Crippen molar-refractivity contribution in [3.63, 3.8) is 0 Å². The smallest absolute Gasteiger partial charge is 0.246 e. The molecule has 1 N–H and O–H groups in total. The Bertz CT molecular complexity index is 820. The highest BCUT2D eigenvalue weighted by Crippen LogP contribution is 2.30. The van der Waals surface area contributed by atoms with Gasteiger partial charge in [0.2, 0.25) is 5.91 Å². The maximum Gasteiger partial charge on any atom is 0.246 e. The topological polar surface area (TPSA) is 36.1 Å². The van der Waals surface area contributed by atoms with Gasteiger partial charge in [0.05, 0.1) is 6.04 Å². The van der Waals surface area contributed by atoms with Gasteiger partial charge >= 0.3 is 0 Å². The normalized spacial score (nSPS) is 12.0. The third-order valence-corrected chi connectivity index (χ3v) is 4.24. The van der Waals surface area contributed by atoms with Crippen LogP contribution in [0.25, 0.3) is 10.9 Å². The highest BCUT2D eigenvalue weighted by molar-refractivity contribution is 5.89. The standard InChI is InChI=1S/C20H20N2O/c1-3-20(23)22(2)19(13-15-9-5-4-6-10-15)17-14-21-18-12-8-7-11-16(17)18/h3-12,14,19,21H,1,13H2,2H3. The zero-order valence-corrected chi connectivity index (χ0v) is 13.2. The number of hydrogen-bond acceptors (Lipinski definition) is 1. The van der Waals surface area contributed by atoms with Crippen LogP contribution in [-0.2, 0) is 11.2 Å². The van der Waals surface area contributed by atoms with E-state index in [9.17, 15) is 4.79 Å². The summed E-state index contributed by atoms with van der Waals surface area (Å²) in [5.41, 5.74) is 3.41. The van der Waals surface area contributed by atoms with Gasteiger partial charge in [-0.15, -0.1) is 0 Å². The number of H-pyrrole nitrogens is 1. The molecular weight excluding hydrogens is 284 g/mol. The number of para-hydroxylation sites is 1. The van der Waals surface area contributed by atoms with Gasteiger partial charge in [-0.25, -0.2) is 0 Å². The molecule has 23 heavy (non-hydrogen) atoms. The highest BCUT2D eigenvalue weighted by atomic mass is 16.2. The van der Waals surface area contributed by atoms with Crippen molar-refractivity contribution in [1.82, 2.24) is 9.88 Å². The molecule has 3 nitrogen and oxygen atoms in total. The van der Waals surface area contributed by atoms with Crippen LogP contribution in [0.2, 0.25) is 0 Å². The van der Waals surface area contributed by atoms with E-state index in [1.807, 2.05) is 49.6 Å². The van der Waals surface area contributed by atoms with Crippen molar-refractivity contribution < 1.29 is 4.79 Å². The fourth-order valence-electron chi connectivity index (χ4n) is 2.96. The van der Waals surface area contributed by atoms with Crippen LogP contribution in [0.4, 0.5) is 0 Å². The lowest BCUT2D eigenvalue weighted by Gasteiger charge is -2.27. The van der Waals surface area contributed by atoms with Gasteiger partial charge in [-0.05, 0) is 24.1 Å². The first kappa shape index (κ1) is 15.1. The molecule has 0 aliphatic rings. The van der Waals surface area contributed by atoms with Crippen LogP contribution in [0.3, 0.4) is 0 Å². The third-order valence-electron chi connectivity index (χ3n) is 4.24. The van der Waals surface area contributed by atoms with Crippen molar-refractivity contribution in [3.05, 3.63) is 84.6 Å². The van der Waals surface area contributed by atoms with Gasteiger partial charge in [0.25, 0.3) is 0 Å². The molecule has 0 saturated carbocycles. The number of carbonyl (C=O) groups excluding carboxylic acids is 1. The number of aromatic amines is 1. The zero-order chi connectivity index (χ0) is 16.2. The second kappa shape index (κ2) is 6.53. The summed E-state index contributed by atoms with van der Waals surface area (Å²) >= 11 is 0. The zero-order valence-electron chi connectivity index (χ0n) is 13.2. The third kappa shape index (κ3) is 3.04. The number of amides is 1. The number of fused-ring (bicyclic) bond motifs is 1. The largest absolute Gasteiger partial charge is 0.361 e. The van der Waals surface area contributed by atoms with Crippen molar-refractivity contribution in [1.29, 1.82) is 0 Å². The molecule has 0 aliphatic carbocycles. The van der Waals surface area contributed by atoms with Gasteiger partial charge in [-0.3, -0.25) is 4.79 Å². The lowest BCUT2D eigenvalue weighted by molar-refractivity contribution is -0.126. The molecule has 1 aromatic heterocycles. The fourth-order valence-corrected chi connectivity index (χ4v) is 2.96. The predicted octanol–water partition coefficient (Wildman–Crippen LogP) is 4.10. The number of nitrogens with zero attached hydrogens (tertiary/aromatic N) is 1. The Kier molecular flexibility index (Phi) is 4.29. The Morgan fingerprint density at radius 2 is 1.87 bits per heavy atom. The lowest BCUT2D eigenvalue weighted by atomic mass is 9.97. The first-order chi connectivity index (χ1) is 11.2. The first-order valence-electron chi connectivity index (χ1n) is 7.70. The molecule has 0 saturated heterocycles. The monoisotopic (exact) mass is 304 g/mol. The van der Waals surface area contributed by atoms with Gasteiger partial charge in [-0.1, -0.05) is 55.1 Å². The van der Waals surface area contributed by atoms with E-state index in [2.05, 4.69) is 29.8 Å². The molecule has 3 rings (SSSR count). The van der Waals surface area contributed by atoms with E-state index in [0.29, 0.717) is 0 Å². The van der Waals surface area contributed by atoms with Crippen LogP contribution in [-0.4, -0.2) is 22.8 Å². The number of likely N-dealkylation sites (N-methyl/N-ethyl adjacent to an activating group) is 1. The minimum atomic E-state index is -0.0730. The molecule has 0 spiro atoms. The number of aromatic nitrogens is 1. The van der Waals surface area contributed by atoms with Gasteiger partial charge in [-0.2, -0.15) is 0 Å². The second-order valence-electron chi connectivity index (χ2n) is 5.65. The summed E-state index contributed by atoms with van der Waals surface area (Å²) in [6.45, 7) is 3.62. The maximum atomic E-state index is 12.2. The van der Waals surface area contributed by atoms with Gasteiger partial charge < -0.3 is 9.88 Å². The van der Waals surface area contributed by atoms with E-state index >= 15 is 0 Å². The predicted molar refractivity (Wildman–Crippen MR) is 94.2 cm³/mol. The molecule has 0 fully saturated rings. The molecule has 0 aliphatic heterocycles. The molecule has 1 atom stereocenters. The quantitative estimate of drug-likeness (QED) is 0.708. The summed E-state index contributed by atoms with van der Waals surface area (Å²) in [5.74, 6) is -0.0730. The van der Waals surface area contributed by atoms with Crippen LogP contribution in [0.1, 0.15) is 17.2 Å². The van der Waals surface area contributed by atoms with Crippen LogP contribution < -0.4 is 0 Å². The molecule has 1 heterocycles. The van der Waals surface area contributed by atoms with Gasteiger partial charge in [0.1, 0.15) is 0 Å². The van der Waals surface area contributed by atoms with Crippen LogP contribution in [0.15, 0.2) is 73.4 Å². The van der Waals surface area contributed by atoms with Gasteiger partial charge in [0, 0.05) is 29.7 Å². The summed E-state index contributed by atoms with van der Waals surface area (Å²) < 4.78 is 0. The Hall–Kier alpha value is -2.81. The van der Waals surface area contributed by atoms with E-state index in [1.54, 1.807) is 4.90 Å². The van der Waals surface area contributed by atoms with Crippen molar-refractivity contribution >= 4 is 16.8 Å². The molecule has 0 bridgehead atoms. The van der Waals surface area contributed by atoms with Crippen molar-refractivity contribution in [3.8, 4) is 0 Å². The van der Waals surface area contributed by atoms with E-state index in [-0.39, 0.29) is 11.9 Å². The molecule has 0 radical (unpaired) electrons. The van der Waals surface area contributed by atoms with Crippen LogP contribution in [0, 0.1) is 0 Å². The molecular formula is C20H20N2O. The summed E-state index contributed by atoms with van der Waals surface area (Å²) in [7, 11) is 1.83. The molecule has 3 heteroatoms. The van der Waals surface area contributed by atoms with Gasteiger partial charge in [0.15, 0.2) is 0 Å². The number of nitrogens with one attached hydrogen (secondary N) is 1. The maximum absolute atomic E-state index is 12.2. The number of hydrogen-bond donors (Lipinski definition) is 1. The summed E-state index contributed by atoms with van der Waals surface area (Å²) in [4.78, 5) is 17.2. The first-order valence-corrected chi connectivity index (χ1v) is 7.70. The summed E-state index contributed by atoms with van der Waals surface area (Å²) in [5, 5.41) is 1.15. The average molecular weight is 304 g/mol. The Balaban J connectivity index is 2.04. The SMILES string of the molecule is C=CC(=O)N(C)C(Cc1ccccc1)c1c[nH]c2ccccc12. The summed E-state index contributed by atoms with van der Waals surface area (Å²) in [6.07, 6.45) is 4.14. The number of rotatable bonds is 5. The Morgan fingerprint density at radius 3 is 2.61 bits per heavy atom. The fraction of sp³-hybridized carbons (Fsp3) is 0.150. The van der Waals surface area contributed by atoms with Crippen molar-refractivity contribution in [2.24, 2.45) is 0 Å². The number of benzene rings is 2. The molecule has 3 aromatic rings. The lowest BCUT2D eigenvalue weighted by Crippen LogP contribution is -2.31. The summed E-state index contributed by atoms with van der Waals surface area (Å²) in [6, 6.07) is 18.4. The van der Waals surface area contributed by atoms with E-state index in [0.717, 1.165) is 22.9 Å².